The first kappa shape index (κ1) is 19.7. The second kappa shape index (κ2) is 9.17. The molecule has 6 nitrogen and oxygen atoms in total. The number of nitrogens with zero attached hydrogens (tertiary/aromatic N) is 2. The van der Waals surface area contributed by atoms with Crippen molar-refractivity contribution in [3.05, 3.63) is 47.3 Å². The van der Waals surface area contributed by atoms with Crippen LogP contribution in [0.4, 0.5) is 5.69 Å². The lowest BCUT2D eigenvalue weighted by molar-refractivity contribution is -0.124. The summed E-state index contributed by atoms with van der Waals surface area (Å²) in [6.45, 7) is 9.18. The Morgan fingerprint density at radius 3 is 2.46 bits per heavy atom. The minimum Gasteiger partial charge on any atom is -0.347 e. The van der Waals surface area contributed by atoms with E-state index in [0.717, 1.165) is 29.2 Å². The van der Waals surface area contributed by atoms with Gasteiger partial charge < -0.3 is 10.6 Å². The highest BCUT2D eigenvalue weighted by atomic mass is 16.2. The Hall–Kier alpha value is -2.63. The van der Waals surface area contributed by atoms with Crippen molar-refractivity contribution >= 4 is 17.5 Å². The van der Waals surface area contributed by atoms with Gasteiger partial charge in [-0.15, -0.1) is 0 Å². The number of benzene rings is 1. The van der Waals surface area contributed by atoms with Crippen LogP contribution in [0, 0.1) is 19.8 Å². The maximum absolute atomic E-state index is 12.1. The van der Waals surface area contributed by atoms with Gasteiger partial charge in [-0.1, -0.05) is 32.0 Å². The summed E-state index contributed by atoms with van der Waals surface area (Å²) in [5.41, 5.74) is 3.92. The Labute approximate surface area is 155 Å². The van der Waals surface area contributed by atoms with Crippen LogP contribution in [0.5, 0.6) is 0 Å². The first-order valence-corrected chi connectivity index (χ1v) is 9.01. The standard InChI is InChI=1S/C20H28N4O2/c1-14(2)13-24-16(4)18(15(3)23-24)10-11-19(25)21-12-20(26)22-17-8-6-5-7-9-17/h5-9,14H,10-13H2,1-4H3,(H,21,25)(H,22,26). The van der Waals surface area contributed by atoms with Crippen LogP contribution in [0.1, 0.15) is 37.2 Å². The molecule has 2 N–H and O–H groups in total. The Balaban J connectivity index is 1.80. The summed E-state index contributed by atoms with van der Waals surface area (Å²) in [6, 6.07) is 9.18. The minimum absolute atomic E-state index is 0.0295. The fourth-order valence-electron chi connectivity index (χ4n) is 2.85. The topological polar surface area (TPSA) is 76.0 Å². The molecule has 0 aliphatic heterocycles. The van der Waals surface area contributed by atoms with Crippen LogP contribution in [0.15, 0.2) is 30.3 Å². The molecule has 0 radical (unpaired) electrons. The first-order valence-electron chi connectivity index (χ1n) is 9.01. The van der Waals surface area contributed by atoms with Gasteiger partial charge in [-0.25, -0.2) is 0 Å². The number of aryl methyl sites for hydroxylation is 1. The molecule has 0 atom stereocenters. The molecule has 0 saturated carbocycles. The second-order valence-electron chi connectivity index (χ2n) is 6.92. The number of nitrogens with one attached hydrogen (secondary N) is 2. The number of carbonyl (C=O) groups is 2. The van der Waals surface area contributed by atoms with E-state index in [1.165, 1.54) is 0 Å². The molecule has 0 spiro atoms. The van der Waals surface area contributed by atoms with E-state index in [9.17, 15) is 9.59 Å². The van der Waals surface area contributed by atoms with Crippen molar-refractivity contribution in [2.24, 2.45) is 5.92 Å². The highest BCUT2D eigenvalue weighted by Gasteiger charge is 2.14. The smallest absolute Gasteiger partial charge is 0.243 e. The van der Waals surface area contributed by atoms with Crippen molar-refractivity contribution in [3.8, 4) is 0 Å². The number of para-hydroxylation sites is 1. The third kappa shape index (κ3) is 5.72. The van der Waals surface area contributed by atoms with Crippen molar-refractivity contribution in [2.75, 3.05) is 11.9 Å². The molecule has 1 heterocycles. The van der Waals surface area contributed by atoms with Crippen LogP contribution < -0.4 is 10.6 Å². The van der Waals surface area contributed by atoms with Gasteiger partial charge in [0.2, 0.25) is 11.8 Å². The van der Waals surface area contributed by atoms with Crippen molar-refractivity contribution in [3.63, 3.8) is 0 Å². The van der Waals surface area contributed by atoms with Crippen LogP contribution in [-0.4, -0.2) is 28.1 Å². The molecule has 0 aliphatic carbocycles. The fourth-order valence-corrected chi connectivity index (χ4v) is 2.85. The number of hydrogen-bond donors (Lipinski definition) is 2. The molecule has 2 aromatic rings. The Morgan fingerprint density at radius 2 is 1.81 bits per heavy atom. The normalized spacial score (nSPS) is 10.8. The highest BCUT2D eigenvalue weighted by molar-refractivity contribution is 5.94. The average molecular weight is 356 g/mol. The van der Waals surface area contributed by atoms with Crippen molar-refractivity contribution in [1.82, 2.24) is 15.1 Å². The molecule has 1 aromatic carbocycles. The number of carbonyl (C=O) groups excluding carboxylic acids is 2. The zero-order chi connectivity index (χ0) is 19.1. The molecule has 0 unspecified atom stereocenters. The van der Waals surface area contributed by atoms with Crippen molar-refractivity contribution in [2.45, 2.75) is 47.1 Å². The van der Waals surface area contributed by atoms with E-state index in [4.69, 9.17) is 0 Å². The summed E-state index contributed by atoms with van der Waals surface area (Å²) >= 11 is 0. The molecule has 0 fully saturated rings. The quantitative estimate of drug-likeness (QED) is 0.764. The van der Waals surface area contributed by atoms with E-state index in [2.05, 4.69) is 29.6 Å². The van der Waals surface area contributed by atoms with Gasteiger partial charge in [0.15, 0.2) is 0 Å². The summed E-state index contributed by atoms with van der Waals surface area (Å²) in [5, 5.41) is 9.99. The average Bonchev–Trinajstić information content (AvgIpc) is 2.85. The molecule has 140 valence electrons. The molecule has 2 rings (SSSR count). The second-order valence-corrected chi connectivity index (χ2v) is 6.92. The number of amides is 2. The molecule has 0 aliphatic rings. The van der Waals surface area contributed by atoms with E-state index < -0.39 is 0 Å². The zero-order valence-corrected chi connectivity index (χ0v) is 16.0. The maximum atomic E-state index is 12.1. The molecule has 0 bridgehead atoms. The van der Waals surface area contributed by atoms with Gasteiger partial charge in [0.25, 0.3) is 0 Å². The van der Waals surface area contributed by atoms with E-state index in [1.807, 2.05) is 36.7 Å². The van der Waals surface area contributed by atoms with Crippen molar-refractivity contribution < 1.29 is 9.59 Å². The molecule has 26 heavy (non-hydrogen) atoms. The third-order valence-corrected chi connectivity index (χ3v) is 4.18. The van der Waals surface area contributed by atoms with Crippen LogP contribution in [0.25, 0.3) is 0 Å². The fraction of sp³-hybridized carbons (Fsp3) is 0.450. The van der Waals surface area contributed by atoms with Gasteiger partial charge in [0.05, 0.1) is 12.2 Å². The van der Waals surface area contributed by atoms with Crippen LogP contribution in [0.2, 0.25) is 0 Å². The summed E-state index contributed by atoms with van der Waals surface area (Å²) in [5.74, 6) is 0.151. The maximum Gasteiger partial charge on any atom is 0.243 e. The molecule has 1 aromatic heterocycles. The number of aromatic nitrogens is 2. The Morgan fingerprint density at radius 1 is 1.12 bits per heavy atom. The number of hydrogen-bond acceptors (Lipinski definition) is 3. The largest absolute Gasteiger partial charge is 0.347 e. The summed E-state index contributed by atoms with van der Waals surface area (Å²) in [6.07, 6.45) is 0.968. The molecule has 6 heteroatoms. The van der Waals surface area contributed by atoms with Crippen LogP contribution in [0.3, 0.4) is 0 Å². The van der Waals surface area contributed by atoms with Gasteiger partial charge in [0, 0.05) is 24.3 Å². The third-order valence-electron chi connectivity index (χ3n) is 4.18. The number of rotatable bonds is 8. The predicted molar refractivity (Wildman–Crippen MR) is 103 cm³/mol. The molecular formula is C20H28N4O2. The highest BCUT2D eigenvalue weighted by Crippen LogP contribution is 2.16. The van der Waals surface area contributed by atoms with E-state index in [1.54, 1.807) is 12.1 Å². The van der Waals surface area contributed by atoms with E-state index >= 15 is 0 Å². The van der Waals surface area contributed by atoms with Gasteiger partial charge in [-0.3, -0.25) is 14.3 Å². The Kier molecular flexibility index (Phi) is 6.95. The van der Waals surface area contributed by atoms with Crippen LogP contribution >= 0.6 is 0 Å². The number of anilines is 1. The molecular weight excluding hydrogens is 328 g/mol. The van der Waals surface area contributed by atoms with E-state index in [0.29, 0.717) is 18.8 Å². The summed E-state index contributed by atoms with van der Waals surface area (Å²) < 4.78 is 2.01. The lowest BCUT2D eigenvalue weighted by atomic mass is 10.1. The molecule has 0 saturated heterocycles. The monoisotopic (exact) mass is 356 g/mol. The van der Waals surface area contributed by atoms with Gasteiger partial charge in [0.1, 0.15) is 0 Å². The lowest BCUT2D eigenvalue weighted by Crippen LogP contribution is -2.33. The minimum atomic E-state index is -0.235. The lowest BCUT2D eigenvalue weighted by Gasteiger charge is -2.08. The van der Waals surface area contributed by atoms with Gasteiger partial charge in [-0.2, -0.15) is 5.10 Å². The van der Waals surface area contributed by atoms with Crippen LogP contribution in [-0.2, 0) is 22.6 Å². The Bertz CT molecular complexity index is 751. The summed E-state index contributed by atoms with van der Waals surface area (Å²) in [4.78, 5) is 23.9. The van der Waals surface area contributed by atoms with E-state index in [-0.39, 0.29) is 18.4 Å². The van der Waals surface area contributed by atoms with Gasteiger partial charge in [-0.05, 0) is 43.9 Å². The SMILES string of the molecule is Cc1nn(CC(C)C)c(C)c1CCC(=O)NCC(=O)Nc1ccccc1. The van der Waals surface area contributed by atoms with Gasteiger partial charge >= 0.3 is 0 Å². The van der Waals surface area contributed by atoms with Crippen molar-refractivity contribution in [1.29, 1.82) is 0 Å². The summed E-state index contributed by atoms with van der Waals surface area (Å²) in [7, 11) is 0. The predicted octanol–water partition coefficient (Wildman–Crippen LogP) is 2.84. The zero-order valence-electron chi connectivity index (χ0n) is 16.0. The molecule has 2 amide bonds. The first-order chi connectivity index (χ1) is 12.4.